The van der Waals surface area contributed by atoms with Crippen LogP contribution in [0, 0.1) is 46.5 Å². The predicted octanol–water partition coefficient (Wildman–Crippen LogP) is 3.31. The zero-order chi connectivity index (χ0) is 27.0. The Bertz CT molecular complexity index is 1300. The van der Waals surface area contributed by atoms with Gasteiger partial charge in [0.25, 0.3) is 11.8 Å². The fourth-order valence-corrected chi connectivity index (χ4v) is 4.02. The molecule has 0 saturated carbocycles. The normalized spacial score (nSPS) is 15.0. The van der Waals surface area contributed by atoms with Gasteiger partial charge in [0, 0.05) is 28.2 Å². The number of halogens is 8. The predicted molar refractivity (Wildman–Crippen MR) is 111 cm³/mol. The van der Waals surface area contributed by atoms with E-state index < -0.39 is 103 Å². The topological polar surface area (TPSA) is 64.7 Å². The minimum atomic E-state index is -1.98. The second-order valence-corrected chi connectivity index (χ2v) is 8.16. The van der Waals surface area contributed by atoms with Gasteiger partial charge in [0.1, 0.15) is 11.4 Å². The van der Waals surface area contributed by atoms with Crippen molar-refractivity contribution in [2.75, 3.05) is 38.0 Å². The van der Waals surface area contributed by atoms with Crippen molar-refractivity contribution in [3.05, 3.63) is 68.8 Å². The number of rotatable bonds is 4. The lowest BCUT2D eigenvalue weighted by atomic mass is 9.99. The van der Waals surface area contributed by atoms with E-state index in [1.165, 1.54) is 0 Å². The van der Waals surface area contributed by atoms with Gasteiger partial charge >= 0.3 is 0 Å². The van der Waals surface area contributed by atoms with Gasteiger partial charge in [0.2, 0.25) is 0 Å². The van der Waals surface area contributed by atoms with Gasteiger partial charge in [-0.1, -0.05) is 0 Å². The van der Waals surface area contributed by atoms with Crippen LogP contribution in [0.25, 0.3) is 11.4 Å². The summed E-state index contributed by atoms with van der Waals surface area (Å²) in [5, 5.41) is 3.68. The molecule has 0 aliphatic carbocycles. The number of benzene rings is 2. The fourth-order valence-electron chi connectivity index (χ4n) is 4.02. The molecule has 0 unspecified atom stereocenters. The van der Waals surface area contributed by atoms with E-state index >= 15 is 0 Å². The highest BCUT2D eigenvalue weighted by Crippen LogP contribution is 2.43. The van der Waals surface area contributed by atoms with Crippen molar-refractivity contribution in [1.29, 1.82) is 0 Å². The molecule has 0 spiro atoms. The van der Waals surface area contributed by atoms with Gasteiger partial charge in [-0.2, -0.15) is 0 Å². The molecule has 0 saturated heterocycles. The Labute approximate surface area is 197 Å². The fraction of sp³-hybridized carbons (Fsp3) is 0.182. The molecule has 14 heteroatoms. The zero-order valence-electron chi connectivity index (χ0n) is 18.7. The van der Waals surface area contributed by atoms with Crippen LogP contribution in [0.5, 0.6) is 0 Å². The summed E-state index contributed by atoms with van der Waals surface area (Å²) in [5.74, 6) is -18.1. The number of carbonyl (C=O) groups is 2. The quantitative estimate of drug-likeness (QED) is 0.482. The van der Waals surface area contributed by atoms with E-state index in [0.717, 1.165) is 38.0 Å². The summed E-state index contributed by atoms with van der Waals surface area (Å²) in [4.78, 5) is 26.7. The summed E-state index contributed by atoms with van der Waals surface area (Å²) < 4.78 is 117. The Hall–Kier alpha value is -4.10. The summed E-state index contributed by atoms with van der Waals surface area (Å²) in [6, 6.07) is 0. The molecule has 2 aliphatic heterocycles. The van der Waals surface area contributed by atoms with E-state index in [2.05, 4.69) is 0 Å². The number of hydrogen-bond acceptors (Lipinski definition) is 4. The van der Waals surface area contributed by atoms with E-state index in [4.69, 9.17) is 0 Å². The lowest BCUT2D eigenvalue weighted by Gasteiger charge is -2.18. The molecule has 2 amide bonds. The maximum absolute atomic E-state index is 14.8. The van der Waals surface area contributed by atoms with Crippen LogP contribution >= 0.6 is 0 Å². The van der Waals surface area contributed by atoms with Crippen molar-refractivity contribution in [1.82, 2.24) is 10.6 Å². The van der Waals surface area contributed by atoms with Crippen molar-refractivity contribution in [3.63, 3.8) is 0 Å². The largest absolute Gasteiger partial charge is 0.373 e. The zero-order valence-corrected chi connectivity index (χ0v) is 18.7. The number of hydrogen-bond donors (Lipinski definition) is 2. The molecule has 4 rings (SSSR count). The maximum Gasteiger partial charge on any atom is 0.258 e. The Morgan fingerprint density at radius 1 is 0.472 bits per heavy atom. The molecule has 0 atom stereocenters. The number of amides is 2. The SMILES string of the molecule is CN(C)c1c(F)c(F)c(C2=C3C(=O)NC(c4c(F)c(F)c(N(C)C)c(F)c4F)=C3C(=O)N2)c(F)c1F. The standard InChI is InChI=1S/C22H14F8N4O2/c1-33(2)19-13(27)9(23)7(10(24)14(19)28)17-5-6(22(36)31-17)18(32-21(5)35)8-11(25)15(29)20(34(3)4)16(30)12(8)26/h1-4H3,(H,31,36)(H,32,35). The molecule has 6 nitrogen and oxygen atoms in total. The first-order chi connectivity index (χ1) is 16.7. The van der Waals surface area contributed by atoms with Crippen LogP contribution in [0.15, 0.2) is 11.1 Å². The first-order valence-corrected chi connectivity index (χ1v) is 9.91. The van der Waals surface area contributed by atoms with Crippen LogP contribution < -0.4 is 20.4 Å². The molecular weight excluding hydrogens is 504 g/mol. The highest BCUT2D eigenvalue weighted by molar-refractivity contribution is 6.30. The molecule has 36 heavy (non-hydrogen) atoms. The van der Waals surface area contributed by atoms with Gasteiger partial charge in [-0.05, 0) is 0 Å². The third-order valence-electron chi connectivity index (χ3n) is 5.56. The first-order valence-electron chi connectivity index (χ1n) is 9.91. The number of fused-ring (bicyclic) bond motifs is 1. The van der Waals surface area contributed by atoms with E-state index in [9.17, 15) is 44.7 Å². The molecule has 0 bridgehead atoms. The Kier molecular flexibility index (Phi) is 5.72. The van der Waals surface area contributed by atoms with Crippen LogP contribution in [-0.2, 0) is 9.59 Å². The summed E-state index contributed by atoms with van der Waals surface area (Å²) in [6.45, 7) is 0. The molecule has 0 fully saturated rings. The van der Waals surface area contributed by atoms with E-state index in [1.807, 2.05) is 10.6 Å². The molecule has 2 aliphatic rings. The van der Waals surface area contributed by atoms with Gasteiger partial charge in [-0.25, -0.2) is 35.1 Å². The monoisotopic (exact) mass is 518 g/mol. The minimum absolute atomic E-state index is 0.739. The molecule has 190 valence electrons. The van der Waals surface area contributed by atoms with Crippen molar-refractivity contribution in [2.24, 2.45) is 0 Å². The highest BCUT2D eigenvalue weighted by atomic mass is 19.2. The Balaban J connectivity index is 2.04. The average molecular weight is 518 g/mol. The van der Waals surface area contributed by atoms with E-state index in [0.29, 0.717) is 0 Å². The molecule has 0 aromatic heterocycles. The third kappa shape index (κ3) is 3.23. The van der Waals surface area contributed by atoms with Crippen molar-refractivity contribution < 1.29 is 44.7 Å². The van der Waals surface area contributed by atoms with E-state index in [1.54, 1.807) is 0 Å². The van der Waals surface area contributed by atoms with Gasteiger partial charge < -0.3 is 20.4 Å². The molecule has 2 heterocycles. The molecule has 2 aromatic rings. The number of nitrogens with zero attached hydrogens (tertiary/aromatic N) is 2. The minimum Gasteiger partial charge on any atom is -0.373 e. The second-order valence-electron chi connectivity index (χ2n) is 8.16. The number of nitrogens with one attached hydrogen (secondary N) is 2. The Morgan fingerprint density at radius 3 is 0.944 bits per heavy atom. The second kappa shape index (κ2) is 8.24. The highest BCUT2D eigenvalue weighted by Gasteiger charge is 2.45. The lowest BCUT2D eigenvalue weighted by molar-refractivity contribution is -0.117. The third-order valence-corrected chi connectivity index (χ3v) is 5.56. The molecule has 2 aromatic carbocycles. The first kappa shape index (κ1) is 25.0. The summed E-state index contributed by atoms with van der Waals surface area (Å²) in [5.41, 5.74) is -9.13. The summed E-state index contributed by atoms with van der Waals surface area (Å²) >= 11 is 0. The van der Waals surface area contributed by atoms with E-state index in [-0.39, 0.29) is 0 Å². The Morgan fingerprint density at radius 2 is 0.722 bits per heavy atom. The van der Waals surface area contributed by atoms with Crippen molar-refractivity contribution >= 4 is 34.6 Å². The van der Waals surface area contributed by atoms with Crippen molar-refractivity contribution in [3.8, 4) is 0 Å². The smallest absolute Gasteiger partial charge is 0.258 e. The lowest BCUT2D eigenvalue weighted by Crippen LogP contribution is -2.25. The van der Waals surface area contributed by atoms with Gasteiger partial charge in [0.05, 0.1) is 33.7 Å². The van der Waals surface area contributed by atoms with Crippen LogP contribution in [0.3, 0.4) is 0 Å². The van der Waals surface area contributed by atoms with Gasteiger partial charge in [-0.15, -0.1) is 0 Å². The molecule has 2 N–H and O–H groups in total. The molecular formula is C22H14F8N4O2. The van der Waals surface area contributed by atoms with Crippen LogP contribution in [0.1, 0.15) is 11.1 Å². The average Bonchev–Trinajstić information content (AvgIpc) is 3.29. The van der Waals surface area contributed by atoms with Gasteiger partial charge in [-0.3, -0.25) is 9.59 Å². The number of anilines is 2. The van der Waals surface area contributed by atoms with Crippen LogP contribution in [-0.4, -0.2) is 40.0 Å². The maximum atomic E-state index is 14.8. The molecule has 0 radical (unpaired) electrons. The van der Waals surface area contributed by atoms with Crippen LogP contribution in [0.2, 0.25) is 0 Å². The van der Waals surface area contributed by atoms with Crippen molar-refractivity contribution in [2.45, 2.75) is 0 Å². The van der Waals surface area contributed by atoms with Gasteiger partial charge in [0.15, 0.2) is 46.5 Å². The summed E-state index contributed by atoms with van der Waals surface area (Å²) in [6.07, 6.45) is 0. The number of carbonyl (C=O) groups excluding carboxylic acids is 2. The van der Waals surface area contributed by atoms with Crippen LogP contribution in [0.4, 0.5) is 46.5 Å². The summed E-state index contributed by atoms with van der Waals surface area (Å²) in [7, 11) is 4.39.